The van der Waals surface area contributed by atoms with Crippen molar-refractivity contribution in [1.82, 2.24) is 5.32 Å². The summed E-state index contributed by atoms with van der Waals surface area (Å²) in [7, 11) is 0. The van der Waals surface area contributed by atoms with E-state index in [9.17, 15) is 35.1 Å². The molecule has 11 nitrogen and oxygen atoms in total. The molecule has 11 heteroatoms. The summed E-state index contributed by atoms with van der Waals surface area (Å²) < 4.78 is 17.7. The Balaban J connectivity index is 2.62. The minimum atomic E-state index is -1.62. The lowest BCUT2D eigenvalue weighted by atomic mass is 9.99. The molecule has 0 aromatic rings. The van der Waals surface area contributed by atoms with Crippen molar-refractivity contribution >= 4 is 11.9 Å². The zero-order valence-electron chi connectivity index (χ0n) is 53.6. The number of aliphatic hydroxyl groups is 5. The highest BCUT2D eigenvalue weighted by Gasteiger charge is 2.47. The summed E-state index contributed by atoms with van der Waals surface area (Å²) in [5.74, 6) is -1.20. The van der Waals surface area contributed by atoms with Crippen molar-refractivity contribution in [2.75, 3.05) is 13.2 Å². The van der Waals surface area contributed by atoms with Gasteiger partial charge in [0.1, 0.15) is 24.4 Å². The van der Waals surface area contributed by atoms with Crippen molar-refractivity contribution in [2.24, 2.45) is 0 Å². The van der Waals surface area contributed by atoms with E-state index in [0.29, 0.717) is 12.8 Å². The van der Waals surface area contributed by atoms with Crippen LogP contribution in [-0.2, 0) is 23.8 Å². The molecule has 6 N–H and O–H groups in total. The third-order valence-corrected chi connectivity index (χ3v) is 16.1. The molecule has 0 radical (unpaired) electrons. The van der Waals surface area contributed by atoms with Gasteiger partial charge in [0.25, 0.3) is 0 Å². The molecule has 482 valence electrons. The highest BCUT2D eigenvalue weighted by atomic mass is 16.7. The van der Waals surface area contributed by atoms with Crippen LogP contribution in [0.3, 0.4) is 0 Å². The number of hydrogen-bond acceptors (Lipinski definition) is 10. The molecule has 1 saturated heterocycles. The summed E-state index contributed by atoms with van der Waals surface area (Å²) in [6, 6.07) is -1.03. The van der Waals surface area contributed by atoms with E-state index < -0.39 is 67.4 Å². The van der Waals surface area contributed by atoms with Crippen molar-refractivity contribution in [2.45, 2.75) is 359 Å². The maximum absolute atomic E-state index is 13.5. The van der Waals surface area contributed by atoms with Gasteiger partial charge in [-0.15, -0.1) is 0 Å². The number of unbranched alkanes of at least 4 members (excludes halogenated alkanes) is 35. The fourth-order valence-corrected chi connectivity index (χ4v) is 10.6. The molecule has 0 spiro atoms. The van der Waals surface area contributed by atoms with Crippen molar-refractivity contribution < 1.29 is 49.3 Å². The Morgan fingerprint density at radius 1 is 0.470 bits per heavy atom. The summed E-state index contributed by atoms with van der Waals surface area (Å²) in [6.45, 7) is 5.76. The van der Waals surface area contributed by atoms with Gasteiger partial charge < -0.3 is 45.1 Å². The van der Waals surface area contributed by atoms with E-state index in [-0.39, 0.29) is 19.4 Å². The van der Waals surface area contributed by atoms with Crippen LogP contribution in [0.5, 0.6) is 0 Å². The zero-order valence-corrected chi connectivity index (χ0v) is 53.6. The fraction of sp³-hybridized carbons (Fsp3) is 0.806. The van der Waals surface area contributed by atoms with E-state index in [1.807, 2.05) is 6.08 Å². The maximum Gasteiger partial charge on any atom is 0.306 e. The third kappa shape index (κ3) is 46.9. The lowest BCUT2D eigenvalue weighted by molar-refractivity contribution is -0.305. The van der Waals surface area contributed by atoms with Crippen LogP contribution >= 0.6 is 0 Å². The number of rotatable bonds is 59. The summed E-state index contributed by atoms with van der Waals surface area (Å²) >= 11 is 0. The predicted molar refractivity (Wildman–Crippen MR) is 347 cm³/mol. The standard InChI is InChI=1S/C72H129NO10/c1-4-7-10-13-16-19-22-25-27-29-31-32-33-34-35-37-39-42-45-48-51-54-57-60-67(77)83-70-69(79)68(78)66(61-74)82-72(70)81-62-63(64(75)58-55-52-49-46-43-40-24-21-18-15-12-9-6-3)73-71(80)65(76)59-56-53-50-47-44-41-38-36-30-28-26-23-20-17-14-11-8-5-2/h16-17,19-20,25-28,31-32,55,58,63-66,68-70,72,74-76,78-79H,4-15,18,21-24,29-30,33-54,56-57,59-62H2,1-3H3,(H,73,80)/b19-16-,20-17-,27-25-,28-26-,32-31-,58-55+. The van der Waals surface area contributed by atoms with Gasteiger partial charge in [-0.05, 0) is 96.3 Å². The van der Waals surface area contributed by atoms with Crippen LogP contribution in [0.2, 0.25) is 0 Å². The average molecular weight is 1170 g/mol. The van der Waals surface area contributed by atoms with Crippen molar-refractivity contribution in [1.29, 1.82) is 0 Å². The first-order chi connectivity index (χ1) is 40.7. The first-order valence-corrected chi connectivity index (χ1v) is 34.7. The van der Waals surface area contributed by atoms with Gasteiger partial charge in [-0.25, -0.2) is 0 Å². The molecule has 1 rings (SSSR count). The molecule has 8 atom stereocenters. The number of carbonyl (C=O) groups excluding carboxylic acids is 2. The normalized spacial score (nSPS) is 19.0. The number of nitrogens with one attached hydrogen (secondary N) is 1. The van der Waals surface area contributed by atoms with Crippen LogP contribution in [0.15, 0.2) is 72.9 Å². The minimum absolute atomic E-state index is 0.117. The van der Waals surface area contributed by atoms with E-state index in [0.717, 1.165) is 89.9 Å². The molecule has 0 saturated carbocycles. The van der Waals surface area contributed by atoms with Crippen LogP contribution in [0.1, 0.15) is 310 Å². The number of ether oxygens (including phenoxy) is 3. The molecule has 0 aromatic carbocycles. The van der Waals surface area contributed by atoms with Crippen LogP contribution in [-0.4, -0.2) is 99.6 Å². The van der Waals surface area contributed by atoms with Crippen molar-refractivity contribution in [3.8, 4) is 0 Å². The molecule has 0 aromatic heterocycles. The molecule has 1 heterocycles. The highest BCUT2D eigenvalue weighted by Crippen LogP contribution is 2.26. The van der Waals surface area contributed by atoms with Gasteiger partial charge >= 0.3 is 5.97 Å². The summed E-state index contributed by atoms with van der Waals surface area (Å²) in [4.78, 5) is 26.7. The van der Waals surface area contributed by atoms with Crippen molar-refractivity contribution in [3.63, 3.8) is 0 Å². The Hall–Kier alpha value is -2.90. The van der Waals surface area contributed by atoms with Crippen LogP contribution in [0.4, 0.5) is 0 Å². The summed E-state index contributed by atoms with van der Waals surface area (Å²) in [6.07, 6.45) is 66.4. The molecular weight excluding hydrogens is 1040 g/mol. The Kier molecular flexibility index (Phi) is 55.9. The van der Waals surface area contributed by atoms with Gasteiger partial charge in [0.15, 0.2) is 12.4 Å². The van der Waals surface area contributed by atoms with E-state index in [4.69, 9.17) is 14.2 Å². The minimum Gasteiger partial charge on any atom is -0.454 e. The molecule has 0 bridgehead atoms. The van der Waals surface area contributed by atoms with E-state index in [1.54, 1.807) is 6.08 Å². The van der Waals surface area contributed by atoms with Gasteiger partial charge in [0.2, 0.25) is 5.91 Å². The third-order valence-electron chi connectivity index (χ3n) is 16.1. The Labute approximate surface area is 509 Å². The molecule has 8 unspecified atom stereocenters. The molecule has 1 aliphatic heterocycles. The Bertz CT molecular complexity index is 1630. The first kappa shape index (κ1) is 78.1. The zero-order chi connectivity index (χ0) is 60.3. The number of hydrogen-bond donors (Lipinski definition) is 6. The number of carbonyl (C=O) groups is 2. The van der Waals surface area contributed by atoms with Crippen LogP contribution in [0.25, 0.3) is 0 Å². The van der Waals surface area contributed by atoms with Gasteiger partial charge in [0, 0.05) is 6.42 Å². The number of esters is 1. The predicted octanol–water partition coefficient (Wildman–Crippen LogP) is 17.5. The number of amides is 1. The second-order valence-electron chi connectivity index (χ2n) is 23.9. The number of aliphatic hydroxyl groups excluding tert-OH is 5. The van der Waals surface area contributed by atoms with Crippen LogP contribution in [0, 0.1) is 0 Å². The lowest BCUT2D eigenvalue weighted by Crippen LogP contribution is -2.61. The molecule has 83 heavy (non-hydrogen) atoms. The van der Waals surface area contributed by atoms with E-state index in [1.165, 1.54) is 173 Å². The summed E-state index contributed by atoms with van der Waals surface area (Å²) in [5.41, 5.74) is 0. The topological polar surface area (TPSA) is 175 Å². The first-order valence-electron chi connectivity index (χ1n) is 34.7. The fourth-order valence-electron chi connectivity index (χ4n) is 10.6. The number of allylic oxidation sites excluding steroid dienone is 11. The van der Waals surface area contributed by atoms with E-state index in [2.05, 4.69) is 86.8 Å². The molecular formula is C72H129NO10. The van der Waals surface area contributed by atoms with E-state index >= 15 is 0 Å². The van der Waals surface area contributed by atoms with Gasteiger partial charge in [-0.1, -0.05) is 280 Å². The second kappa shape index (κ2) is 59.4. The quantitative estimate of drug-likeness (QED) is 0.0195. The van der Waals surface area contributed by atoms with Crippen molar-refractivity contribution in [3.05, 3.63) is 72.9 Å². The lowest BCUT2D eigenvalue weighted by Gasteiger charge is -2.41. The molecule has 1 fully saturated rings. The maximum atomic E-state index is 13.5. The largest absolute Gasteiger partial charge is 0.454 e. The van der Waals surface area contributed by atoms with Gasteiger partial charge in [0.05, 0.1) is 25.4 Å². The van der Waals surface area contributed by atoms with Gasteiger partial charge in [-0.3, -0.25) is 9.59 Å². The van der Waals surface area contributed by atoms with Crippen LogP contribution < -0.4 is 5.32 Å². The second-order valence-corrected chi connectivity index (χ2v) is 23.9. The molecule has 1 amide bonds. The molecule has 0 aliphatic carbocycles. The Morgan fingerprint density at radius 3 is 1.27 bits per heavy atom. The highest BCUT2D eigenvalue weighted by molar-refractivity contribution is 5.80. The monoisotopic (exact) mass is 1170 g/mol. The smallest absolute Gasteiger partial charge is 0.306 e. The average Bonchev–Trinajstić information content (AvgIpc) is 3.50. The molecule has 1 aliphatic rings. The SMILES string of the molecule is CCCCC/C=C\C/C=C\C/C=C\CCCCCCCCCCCCC(=O)OC1C(OCC(NC(=O)C(O)CCCCCCCCCC/C=C\C/C=C\CCCCC)C(O)/C=C/CCCCCCCCCCCCC)OC(CO)C(O)C1O. The van der Waals surface area contributed by atoms with Gasteiger partial charge in [-0.2, -0.15) is 0 Å². The summed E-state index contributed by atoms with van der Waals surface area (Å²) in [5, 5.41) is 57.2. The Morgan fingerprint density at radius 2 is 0.831 bits per heavy atom.